The van der Waals surface area contributed by atoms with E-state index < -0.39 is 0 Å². The van der Waals surface area contributed by atoms with E-state index in [0.717, 1.165) is 0 Å². The lowest BCUT2D eigenvalue weighted by atomic mass is 10.5. The molecule has 0 atom stereocenters. The molecule has 0 heterocycles. The third-order valence-corrected chi connectivity index (χ3v) is 0.706. The number of hydrogen-bond donors (Lipinski definition) is 2. The van der Waals surface area contributed by atoms with Gasteiger partial charge in [0.25, 0.3) is 0 Å². The van der Waals surface area contributed by atoms with Crippen molar-refractivity contribution in [2.24, 2.45) is 0 Å². The molecular weight excluding hydrogens is 110 g/mol. The van der Waals surface area contributed by atoms with Crippen LogP contribution in [0.1, 0.15) is 0 Å². The Kier molecular flexibility index (Phi) is 3.89. The molecule has 0 aromatic rings. The molecule has 1 radical (unpaired) electrons. The average molecular weight is 118 g/mol. The first kappa shape index (κ1) is 6.82. The van der Waals surface area contributed by atoms with E-state index in [-0.39, 0.29) is 5.91 Å². The highest BCUT2D eigenvalue weighted by Gasteiger charge is 1.91. The molecule has 0 unspecified atom stereocenters. The number of hydrogen-bond acceptors (Lipinski definition) is 2. The van der Waals surface area contributed by atoms with E-state index in [4.69, 9.17) is 0 Å². The molecule has 0 aromatic carbocycles. The molecule has 0 spiro atoms. The zero-order valence-corrected chi connectivity index (χ0v) is 5.03. The lowest BCUT2D eigenvalue weighted by Gasteiger charge is -1.90. The van der Waals surface area contributed by atoms with E-state index in [2.05, 4.69) is 17.9 Å². The molecule has 7 heavy (non-hydrogen) atoms. The Morgan fingerprint density at radius 3 is 2.71 bits per heavy atom. The lowest BCUT2D eigenvalue weighted by molar-refractivity contribution is -0.117. The topological polar surface area (TPSA) is 29.1 Å². The van der Waals surface area contributed by atoms with Gasteiger partial charge in [-0.25, -0.2) is 0 Å². The van der Waals surface area contributed by atoms with Crippen LogP contribution in [0, 0.1) is 6.42 Å². The summed E-state index contributed by atoms with van der Waals surface area (Å²) in [5, 5.41) is 2.42. The highest BCUT2D eigenvalue weighted by atomic mass is 32.1. The number of nitrogens with one attached hydrogen (secondary N) is 1. The first-order valence-electron chi connectivity index (χ1n) is 1.97. The van der Waals surface area contributed by atoms with Crippen LogP contribution in [-0.2, 0) is 4.79 Å². The zero-order chi connectivity index (χ0) is 5.70. The van der Waals surface area contributed by atoms with E-state index in [1.54, 1.807) is 7.05 Å². The van der Waals surface area contributed by atoms with Crippen molar-refractivity contribution in [3.63, 3.8) is 0 Å². The summed E-state index contributed by atoms with van der Waals surface area (Å²) < 4.78 is 0. The fourth-order valence-corrected chi connectivity index (χ4v) is 0.351. The number of carbonyl (C=O) groups excluding carboxylic acids is 1. The molecule has 1 amide bonds. The van der Waals surface area contributed by atoms with E-state index in [1.807, 2.05) is 0 Å². The normalized spacial score (nSPS) is 8.29. The minimum Gasteiger partial charge on any atom is -0.359 e. The Bertz CT molecular complexity index is 64.7. The van der Waals surface area contributed by atoms with E-state index >= 15 is 0 Å². The van der Waals surface area contributed by atoms with Crippen molar-refractivity contribution in [3.8, 4) is 0 Å². The lowest BCUT2D eigenvalue weighted by Crippen LogP contribution is -2.18. The van der Waals surface area contributed by atoms with Gasteiger partial charge in [0.2, 0.25) is 5.91 Å². The molecule has 2 nitrogen and oxygen atoms in total. The highest BCUT2D eigenvalue weighted by Crippen LogP contribution is 1.78. The van der Waals surface area contributed by atoms with Gasteiger partial charge in [0.05, 0.1) is 6.42 Å². The molecule has 3 heteroatoms. The summed E-state index contributed by atoms with van der Waals surface area (Å²) in [6, 6.07) is 0. The van der Waals surface area contributed by atoms with Crippen LogP contribution < -0.4 is 5.32 Å². The van der Waals surface area contributed by atoms with Crippen molar-refractivity contribution in [3.05, 3.63) is 6.42 Å². The molecule has 0 fully saturated rings. The smallest absolute Gasteiger partial charge is 0.224 e. The van der Waals surface area contributed by atoms with E-state index in [9.17, 15) is 4.79 Å². The van der Waals surface area contributed by atoms with Gasteiger partial charge in [0.15, 0.2) is 0 Å². The summed E-state index contributed by atoms with van der Waals surface area (Å²) in [4.78, 5) is 10.2. The van der Waals surface area contributed by atoms with E-state index in [0.29, 0.717) is 5.75 Å². The maximum atomic E-state index is 10.2. The van der Waals surface area contributed by atoms with Crippen LogP contribution in [0.25, 0.3) is 0 Å². The monoisotopic (exact) mass is 118 g/mol. The highest BCUT2D eigenvalue weighted by molar-refractivity contribution is 7.80. The van der Waals surface area contributed by atoms with Gasteiger partial charge in [-0.1, -0.05) is 0 Å². The quantitative estimate of drug-likeness (QED) is 0.486. The van der Waals surface area contributed by atoms with Gasteiger partial charge in [-0.05, 0) is 0 Å². The molecule has 1 N–H and O–H groups in total. The molecule has 0 aliphatic heterocycles. The van der Waals surface area contributed by atoms with Crippen molar-refractivity contribution in [2.45, 2.75) is 0 Å². The molecule has 0 saturated heterocycles. The fraction of sp³-hybridized carbons (Fsp3) is 0.500. The summed E-state index contributed by atoms with van der Waals surface area (Å²) in [5.41, 5.74) is 0. The van der Waals surface area contributed by atoms with Gasteiger partial charge in [-0.15, -0.1) is 0 Å². The summed E-state index contributed by atoms with van der Waals surface area (Å²) >= 11 is 3.80. The minimum atomic E-state index is -0.0741. The van der Waals surface area contributed by atoms with Gasteiger partial charge in [0.1, 0.15) is 0 Å². The summed E-state index contributed by atoms with van der Waals surface area (Å²) in [5.74, 6) is 0.426. The molecule has 41 valence electrons. The van der Waals surface area contributed by atoms with Crippen LogP contribution in [0.3, 0.4) is 0 Å². The number of amides is 1. The van der Waals surface area contributed by atoms with Crippen LogP contribution in [0.5, 0.6) is 0 Å². The summed E-state index contributed by atoms with van der Waals surface area (Å²) in [6.07, 6.45) is 1.46. The number of thiol groups is 1. The number of carbonyl (C=O) groups is 1. The Morgan fingerprint density at radius 1 is 2.00 bits per heavy atom. The largest absolute Gasteiger partial charge is 0.359 e. The van der Waals surface area contributed by atoms with Crippen molar-refractivity contribution in [2.75, 3.05) is 12.8 Å². The Labute approximate surface area is 48.7 Å². The van der Waals surface area contributed by atoms with Crippen molar-refractivity contribution < 1.29 is 4.79 Å². The third kappa shape index (κ3) is 3.66. The van der Waals surface area contributed by atoms with Crippen molar-refractivity contribution in [1.29, 1.82) is 0 Å². The predicted octanol–water partition coefficient (Wildman–Crippen LogP) is -0.134. The first-order chi connectivity index (χ1) is 3.31. The van der Waals surface area contributed by atoms with Crippen molar-refractivity contribution >= 4 is 18.5 Å². The maximum absolute atomic E-state index is 10.2. The van der Waals surface area contributed by atoms with Gasteiger partial charge < -0.3 is 5.32 Å². The average Bonchev–Trinajstić information content (AvgIpc) is 1.68. The molecule has 0 aromatic heterocycles. The second-order valence-electron chi connectivity index (χ2n) is 1.00. The Morgan fingerprint density at radius 2 is 2.57 bits per heavy atom. The standard InChI is InChI=1S/C4H8NOS/c1-5-4(6)2-3-7/h2,7H,3H2,1H3,(H,5,6). The fourth-order valence-electron chi connectivity index (χ4n) is 0.185. The van der Waals surface area contributed by atoms with E-state index in [1.165, 1.54) is 6.42 Å². The predicted molar refractivity (Wildman–Crippen MR) is 32.2 cm³/mol. The van der Waals surface area contributed by atoms with Gasteiger partial charge in [-0.3, -0.25) is 4.79 Å². The first-order valence-corrected chi connectivity index (χ1v) is 2.60. The maximum Gasteiger partial charge on any atom is 0.224 e. The van der Waals surface area contributed by atoms with Crippen LogP contribution in [0.15, 0.2) is 0 Å². The SMILES string of the molecule is CNC(=O)[CH]CS. The Balaban J connectivity index is 3.00. The van der Waals surface area contributed by atoms with Crippen molar-refractivity contribution in [1.82, 2.24) is 5.32 Å². The summed E-state index contributed by atoms with van der Waals surface area (Å²) in [6.45, 7) is 0. The van der Waals surface area contributed by atoms with Gasteiger partial charge >= 0.3 is 0 Å². The molecule has 0 aliphatic rings. The molecule has 0 bridgehead atoms. The number of rotatable bonds is 2. The minimum absolute atomic E-state index is 0.0741. The molecule has 0 saturated carbocycles. The summed E-state index contributed by atoms with van der Waals surface area (Å²) in [7, 11) is 1.59. The molecular formula is C4H8NOS. The van der Waals surface area contributed by atoms with Crippen LogP contribution in [0.2, 0.25) is 0 Å². The Hall–Kier alpha value is -0.180. The van der Waals surface area contributed by atoms with Crippen LogP contribution in [0.4, 0.5) is 0 Å². The van der Waals surface area contributed by atoms with Gasteiger partial charge in [-0.2, -0.15) is 12.6 Å². The molecule has 0 rings (SSSR count). The third-order valence-electron chi connectivity index (χ3n) is 0.523. The van der Waals surface area contributed by atoms with Gasteiger partial charge in [0, 0.05) is 12.8 Å². The second-order valence-corrected chi connectivity index (χ2v) is 1.37. The second kappa shape index (κ2) is 3.99. The van der Waals surface area contributed by atoms with Crippen LogP contribution >= 0.6 is 12.6 Å². The van der Waals surface area contributed by atoms with Crippen LogP contribution in [-0.4, -0.2) is 18.7 Å². The zero-order valence-electron chi connectivity index (χ0n) is 4.14. The molecule has 0 aliphatic carbocycles.